The first-order valence-electron chi connectivity index (χ1n) is 9.94. The highest BCUT2D eigenvalue weighted by Gasteiger charge is 2.54. The molecule has 148 valence electrons. The molecule has 0 spiro atoms. The third-order valence-electron chi connectivity index (χ3n) is 6.23. The van der Waals surface area contributed by atoms with Crippen LogP contribution in [0.3, 0.4) is 0 Å². The number of rotatable bonds is 4. The van der Waals surface area contributed by atoms with Crippen LogP contribution in [-0.2, 0) is 0 Å². The van der Waals surface area contributed by atoms with Crippen molar-refractivity contribution in [3.8, 4) is 18.2 Å². The van der Waals surface area contributed by atoms with Crippen molar-refractivity contribution in [2.75, 3.05) is 38.1 Å². The molecule has 2 aliphatic rings. The van der Waals surface area contributed by atoms with Gasteiger partial charge in [-0.3, -0.25) is 0 Å². The van der Waals surface area contributed by atoms with Crippen molar-refractivity contribution < 1.29 is 0 Å². The smallest absolute Gasteiger partial charge is 0.191 e. The molecule has 2 unspecified atom stereocenters. The van der Waals surface area contributed by atoms with Gasteiger partial charge < -0.3 is 15.5 Å². The van der Waals surface area contributed by atoms with E-state index < -0.39 is 11.3 Å². The van der Waals surface area contributed by atoms with E-state index in [1.165, 1.54) is 0 Å². The number of allylic oxidation sites excluding steroid dienone is 2. The van der Waals surface area contributed by atoms with Gasteiger partial charge in [0.25, 0.3) is 0 Å². The van der Waals surface area contributed by atoms with Crippen LogP contribution in [0, 0.1) is 45.3 Å². The second-order valence-electron chi connectivity index (χ2n) is 7.66. The van der Waals surface area contributed by atoms with Crippen LogP contribution in [0.5, 0.6) is 0 Å². The van der Waals surface area contributed by atoms with Crippen molar-refractivity contribution in [2.24, 2.45) is 17.1 Å². The standard InChI is InChI=1S/C23H26N6/c1-4-29(5-2)17-8-6-16(7-9-17)21-20-13-28(3)11-10-18(20)19(12-24)22(27)23(21,14-25)15-26/h6-10,20-21H,4-5,11,13,27H2,1-3H3. The van der Waals surface area contributed by atoms with Crippen LogP contribution >= 0.6 is 0 Å². The Kier molecular flexibility index (Phi) is 5.64. The second kappa shape index (κ2) is 8.00. The Labute approximate surface area is 172 Å². The molecule has 0 fully saturated rings. The summed E-state index contributed by atoms with van der Waals surface area (Å²) in [7, 11) is 2.00. The van der Waals surface area contributed by atoms with Gasteiger partial charge in [0, 0.05) is 43.7 Å². The molecule has 6 nitrogen and oxygen atoms in total. The summed E-state index contributed by atoms with van der Waals surface area (Å²) in [6.07, 6.45) is 2.01. The highest BCUT2D eigenvalue weighted by atomic mass is 15.1. The third-order valence-corrected chi connectivity index (χ3v) is 6.23. The van der Waals surface area contributed by atoms with Gasteiger partial charge in [0.05, 0.1) is 23.4 Å². The zero-order valence-electron chi connectivity index (χ0n) is 17.2. The number of nitrogens with two attached hydrogens (primary N) is 1. The molecule has 2 atom stereocenters. The van der Waals surface area contributed by atoms with Crippen molar-refractivity contribution in [2.45, 2.75) is 19.8 Å². The van der Waals surface area contributed by atoms with Crippen LogP contribution in [0.1, 0.15) is 25.3 Å². The van der Waals surface area contributed by atoms with E-state index in [0.717, 1.165) is 29.9 Å². The zero-order valence-corrected chi connectivity index (χ0v) is 17.2. The van der Waals surface area contributed by atoms with Gasteiger partial charge in [0.1, 0.15) is 6.07 Å². The van der Waals surface area contributed by atoms with Gasteiger partial charge in [-0.05, 0) is 44.2 Å². The molecule has 1 aliphatic carbocycles. The van der Waals surface area contributed by atoms with E-state index in [1.54, 1.807) is 0 Å². The highest BCUT2D eigenvalue weighted by Crippen LogP contribution is 2.54. The number of hydrogen-bond donors (Lipinski definition) is 1. The Bertz CT molecular complexity index is 949. The Hall–Kier alpha value is -3.27. The summed E-state index contributed by atoms with van der Waals surface area (Å²) in [4.78, 5) is 4.38. The van der Waals surface area contributed by atoms with E-state index >= 15 is 0 Å². The first-order valence-corrected chi connectivity index (χ1v) is 9.94. The lowest BCUT2D eigenvalue weighted by Crippen LogP contribution is -2.47. The first-order chi connectivity index (χ1) is 14.0. The number of hydrogen-bond acceptors (Lipinski definition) is 6. The summed E-state index contributed by atoms with van der Waals surface area (Å²) in [5, 5.41) is 29.9. The predicted molar refractivity (Wildman–Crippen MR) is 112 cm³/mol. The van der Waals surface area contributed by atoms with E-state index in [4.69, 9.17) is 5.73 Å². The van der Waals surface area contributed by atoms with Crippen LogP contribution < -0.4 is 10.6 Å². The molecule has 1 heterocycles. The van der Waals surface area contributed by atoms with Gasteiger partial charge in [-0.1, -0.05) is 18.2 Å². The normalized spacial score (nSPS) is 23.2. The zero-order chi connectivity index (χ0) is 21.2. The fourth-order valence-corrected chi connectivity index (χ4v) is 4.68. The van der Waals surface area contributed by atoms with Crippen molar-refractivity contribution >= 4 is 5.69 Å². The van der Waals surface area contributed by atoms with Crippen LogP contribution in [0.25, 0.3) is 0 Å². The molecular formula is C23H26N6. The lowest BCUT2D eigenvalue weighted by Gasteiger charge is -2.45. The Morgan fingerprint density at radius 2 is 1.76 bits per heavy atom. The Morgan fingerprint density at radius 1 is 1.14 bits per heavy atom. The lowest BCUT2D eigenvalue weighted by molar-refractivity contribution is 0.237. The summed E-state index contributed by atoms with van der Waals surface area (Å²) < 4.78 is 0. The molecule has 29 heavy (non-hydrogen) atoms. The molecular weight excluding hydrogens is 360 g/mol. The molecule has 1 aromatic rings. The molecule has 0 radical (unpaired) electrons. The third kappa shape index (κ3) is 3.15. The van der Waals surface area contributed by atoms with Crippen LogP contribution in [-0.4, -0.2) is 38.1 Å². The molecule has 0 aromatic heterocycles. The Morgan fingerprint density at radius 3 is 2.28 bits per heavy atom. The van der Waals surface area contributed by atoms with E-state index in [-0.39, 0.29) is 11.6 Å². The summed E-state index contributed by atoms with van der Waals surface area (Å²) in [5.74, 6) is -0.580. The number of fused-ring (bicyclic) bond motifs is 1. The molecule has 0 bridgehead atoms. The van der Waals surface area contributed by atoms with Crippen molar-refractivity contribution in [3.05, 3.63) is 52.7 Å². The summed E-state index contributed by atoms with van der Waals surface area (Å²) >= 11 is 0. The maximum absolute atomic E-state index is 10.1. The van der Waals surface area contributed by atoms with Gasteiger partial charge >= 0.3 is 0 Å². The summed E-state index contributed by atoms with van der Waals surface area (Å²) in [6, 6.07) is 14.6. The molecule has 6 heteroatoms. The van der Waals surface area contributed by atoms with Crippen molar-refractivity contribution in [1.82, 2.24) is 4.90 Å². The van der Waals surface area contributed by atoms with E-state index in [2.05, 4.69) is 41.9 Å². The van der Waals surface area contributed by atoms with Gasteiger partial charge in [-0.25, -0.2) is 0 Å². The number of nitrogens with zero attached hydrogens (tertiary/aromatic N) is 5. The van der Waals surface area contributed by atoms with Gasteiger partial charge in [0.2, 0.25) is 0 Å². The average Bonchev–Trinajstić information content (AvgIpc) is 2.75. The van der Waals surface area contributed by atoms with E-state index in [0.29, 0.717) is 18.7 Å². The fraction of sp³-hybridized carbons (Fsp3) is 0.435. The minimum absolute atomic E-state index is 0.0786. The molecule has 2 N–H and O–H groups in total. The molecule has 1 aromatic carbocycles. The number of anilines is 1. The minimum Gasteiger partial charge on any atom is -0.399 e. The van der Waals surface area contributed by atoms with E-state index in [1.807, 2.05) is 37.4 Å². The summed E-state index contributed by atoms with van der Waals surface area (Å²) in [5.41, 5.74) is 8.00. The van der Waals surface area contributed by atoms with Gasteiger partial charge in [-0.2, -0.15) is 15.8 Å². The second-order valence-corrected chi connectivity index (χ2v) is 7.66. The summed E-state index contributed by atoms with van der Waals surface area (Å²) in [6.45, 7) is 7.40. The molecule has 3 rings (SSSR count). The number of likely N-dealkylation sites (N-methyl/N-ethyl adjacent to an activating group) is 1. The minimum atomic E-state index is -1.57. The van der Waals surface area contributed by atoms with Crippen molar-refractivity contribution in [1.29, 1.82) is 15.8 Å². The Balaban J connectivity index is 2.20. The topological polar surface area (TPSA) is 104 Å². The lowest BCUT2D eigenvalue weighted by atomic mass is 9.58. The van der Waals surface area contributed by atoms with Gasteiger partial charge in [-0.15, -0.1) is 0 Å². The number of benzene rings is 1. The highest BCUT2D eigenvalue weighted by molar-refractivity contribution is 5.60. The monoisotopic (exact) mass is 386 g/mol. The van der Waals surface area contributed by atoms with Crippen LogP contribution in [0.4, 0.5) is 5.69 Å². The van der Waals surface area contributed by atoms with Crippen molar-refractivity contribution in [3.63, 3.8) is 0 Å². The quantitative estimate of drug-likeness (QED) is 0.853. The predicted octanol–water partition coefficient (Wildman–Crippen LogP) is 2.89. The fourth-order valence-electron chi connectivity index (χ4n) is 4.68. The first kappa shape index (κ1) is 20.5. The average molecular weight is 387 g/mol. The van der Waals surface area contributed by atoms with Gasteiger partial charge in [0.15, 0.2) is 5.41 Å². The molecule has 0 saturated carbocycles. The van der Waals surface area contributed by atoms with Crippen LogP contribution in [0.15, 0.2) is 47.2 Å². The van der Waals surface area contributed by atoms with E-state index in [9.17, 15) is 15.8 Å². The van der Waals surface area contributed by atoms with Crippen LogP contribution in [0.2, 0.25) is 0 Å². The largest absolute Gasteiger partial charge is 0.399 e. The molecule has 1 aliphatic heterocycles. The molecule has 0 saturated heterocycles. The maximum atomic E-state index is 10.1. The maximum Gasteiger partial charge on any atom is 0.191 e. The molecule has 0 amide bonds. The number of nitriles is 3. The SMILES string of the molecule is CCN(CC)c1ccc(C2C3CN(C)CC=C3C(C#N)=C(N)C2(C#N)C#N)cc1.